The SMILES string of the molecule is CCCc1ccc(C(O)C(F)(F)Cl)cc1. The highest BCUT2D eigenvalue weighted by molar-refractivity contribution is 6.22. The van der Waals surface area contributed by atoms with Gasteiger partial charge in [-0.15, -0.1) is 0 Å². The lowest BCUT2D eigenvalue weighted by molar-refractivity contribution is -0.0424. The van der Waals surface area contributed by atoms with Gasteiger partial charge in [0.05, 0.1) is 0 Å². The minimum atomic E-state index is -3.62. The molecule has 0 amide bonds. The molecule has 0 aliphatic rings. The maximum atomic E-state index is 12.6. The van der Waals surface area contributed by atoms with Crippen molar-refractivity contribution in [1.82, 2.24) is 0 Å². The predicted molar refractivity (Wildman–Crippen MR) is 56.2 cm³/mol. The van der Waals surface area contributed by atoms with Gasteiger partial charge in [-0.05, 0) is 29.1 Å². The van der Waals surface area contributed by atoms with E-state index in [4.69, 9.17) is 11.6 Å². The Morgan fingerprint density at radius 2 is 1.87 bits per heavy atom. The van der Waals surface area contributed by atoms with Gasteiger partial charge in [0.15, 0.2) is 6.10 Å². The molecular formula is C11H13ClF2O. The molecule has 0 saturated carbocycles. The maximum absolute atomic E-state index is 12.6. The van der Waals surface area contributed by atoms with Crippen molar-refractivity contribution in [3.05, 3.63) is 35.4 Å². The summed E-state index contributed by atoms with van der Waals surface area (Å²) in [5.41, 5.74) is 1.20. The molecular weight excluding hydrogens is 222 g/mol. The lowest BCUT2D eigenvalue weighted by Crippen LogP contribution is -2.18. The zero-order valence-electron chi connectivity index (χ0n) is 8.38. The fourth-order valence-electron chi connectivity index (χ4n) is 1.34. The summed E-state index contributed by atoms with van der Waals surface area (Å²) in [4.78, 5) is 0. The number of benzene rings is 1. The van der Waals surface area contributed by atoms with Crippen LogP contribution in [-0.4, -0.2) is 10.5 Å². The monoisotopic (exact) mass is 234 g/mol. The Morgan fingerprint density at radius 3 is 2.27 bits per heavy atom. The van der Waals surface area contributed by atoms with E-state index in [-0.39, 0.29) is 5.56 Å². The number of aryl methyl sites for hydroxylation is 1. The molecule has 0 radical (unpaired) electrons. The largest absolute Gasteiger partial charge is 0.381 e. The Hall–Kier alpha value is -0.670. The Labute approximate surface area is 92.7 Å². The molecule has 4 heteroatoms. The van der Waals surface area contributed by atoms with E-state index in [1.807, 2.05) is 6.92 Å². The third-order valence-electron chi connectivity index (χ3n) is 2.14. The Kier molecular flexibility index (Phi) is 4.05. The first-order valence-electron chi connectivity index (χ1n) is 4.78. The second kappa shape index (κ2) is 4.90. The second-order valence-corrected chi connectivity index (χ2v) is 3.94. The average molecular weight is 235 g/mol. The maximum Gasteiger partial charge on any atom is 0.351 e. The van der Waals surface area contributed by atoms with Gasteiger partial charge >= 0.3 is 5.38 Å². The Bertz CT molecular complexity index is 305. The highest BCUT2D eigenvalue weighted by atomic mass is 35.5. The standard InChI is InChI=1S/C11H13ClF2O/c1-2-3-8-4-6-9(7-5-8)10(15)11(12,13)14/h4-7,10,15H,2-3H2,1H3. The lowest BCUT2D eigenvalue weighted by Gasteiger charge is -2.16. The third kappa shape index (κ3) is 3.43. The summed E-state index contributed by atoms with van der Waals surface area (Å²) in [6, 6.07) is 6.41. The molecule has 0 saturated heterocycles. The van der Waals surface area contributed by atoms with Gasteiger partial charge in [-0.25, -0.2) is 0 Å². The molecule has 1 nitrogen and oxygen atoms in total. The van der Waals surface area contributed by atoms with Crippen LogP contribution in [0.4, 0.5) is 8.78 Å². The zero-order chi connectivity index (χ0) is 11.5. The van der Waals surface area contributed by atoms with Gasteiger partial charge in [0.25, 0.3) is 0 Å². The van der Waals surface area contributed by atoms with E-state index < -0.39 is 11.5 Å². The minimum absolute atomic E-state index is 0.134. The van der Waals surface area contributed by atoms with Gasteiger partial charge in [-0.3, -0.25) is 0 Å². The lowest BCUT2D eigenvalue weighted by atomic mass is 10.0. The predicted octanol–water partition coefficient (Wildman–Crippen LogP) is 3.50. The van der Waals surface area contributed by atoms with Crippen molar-refractivity contribution in [3.8, 4) is 0 Å². The number of alkyl halides is 3. The summed E-state index contributed by atoms with van der Waals surface area (Å²) in [7, 11) is 0. The first kappa shape index (κ1) is 12.4. The molecule has 15 heavy (non-hydrogen) atoms. The van der Waals surface area contributed by atoms with Crippen molar-refractivity contribution in [1.29, 1.82) is 0 Å². The minimum Gasteiger partial charge on any atom is -0.381 e. The van der Waals surface area contributed by atoms with Gasteiger partial charge in [-0.2, -0.15) is 8.78 Å². The van der Waals surface area contributed by atoms with Gasteiger partial charge in [0.2, 0.25) is 0 Å². The van der Waals surface area contributed by atoms with Crippen molar-refractivity contribution < 1.29 is 13.9 Å². The average Bonchev–Trinajstić information content (AvgIpc) is 2.17. The molecule has 0 fully saturated rings. The Balaban J connectivity index is 2.80. The summed E-state index contributed by atoms with van der Waals surface area (Å²) in [5.74, 6) is 0. The molecule has 1 N–H and O–H groups in total. The van der Waals surface area contributed by atoms with Crippen molar-refractivity contribution >= 4 is 11.6 Å². The van der Waals surface area contributed by atoms with Crippen LogP contribution in [0.5, 0.6) is 0 Å². The molecule has 0 heterocycles. The number of halogens is 3. The fourth-order valence-corrected chi connectivity index (χ4v) is 1.47. The highest BCUT2D eigenvalue weighted by Gasteiger charge is 2.36. The molecule has 0 aliphatic carbocycles. The van der Waals surface area contributed by atoms with E-state index in [1.165, 1.54) is 12.1 Å². The molecule has 1 aromatic rings. The summed E-state index contributed by atoms with van der Waals surface area (Å²) < 4.78 is 25.1. The quantitative estimate of drug-likeness (QED) is 0.791. The van der Waals surface area contributed by atoms with Gasteiger partial charge < -0.3 is 5.11 Å². The molecule has 1 aromatic carbocycles. The van der Waals surface area contributed by atoms with Crippen molar-refractivity contribution in [2.45, 2.75) is 31.3 Å². The zero-order valence-corrected chi connectivity index (χ0v) is 9.14. The van der Waals surface area contributed by atoms with Crippen LogP contribution in [0.15, 0.2) is 24.3 Å². The van der Waals surface area contributed by atoms with E-state index in [2.05, 4.69) is 0 Å². The van der Waals surface area contributed by atoms with E-state index in [1.54, 1.807) is 12.1 Å². The summed E-state index contributed by atoms with van der Waals surface area (Å²) in [5, 5.41) is 5.58. The molecule has 0 aliphatic heterocycles. The normalized spacial score (nSPS) is 13.9. The number of hydrogen-bond acceptors (Lipinski definition) is 1. The second-order valence-electron chi connectivity index (χ2n) is 3.44. The third-order valence-corrected chi connectivity index (χ3v) is 2.35. The molecule has 0 bridgehead atoms. The van der Waals surface area contributed by atoms with E-state index in [0.29, 0.717) is 0 Å². The van der Waals surface area contributed by atoms with Crippen LogP contribution >= 0.6 is 11.6 Å². The molecule has 1 unspecified atom stereocenters. The van der Waals surface area contributed by atoms with Gasteiger partial charge in [0, 0.05) is 0 Å². The highest BCUT2D eigenvalue weighted by Crippen LogP contribution is 2.34. The molecule has 1 rings (SSSR count). The number of aliphatic hydroxyl groups is 1. The molecule has 84 valence electrons. The van der Waals surface area contributed by atoms with Crippen LogP contribution in [0.25, 0.3) is 0 Å². The van der Waals surface area contributed by atoms with Crippen LogP contribution in [0.3, 0.4) is 0 Å². The number of aliphatic hydroxyl groups excluding tert-OH is 1. The first-order valence-corrected chi connectivity index (χ1v) is 5.16. The van der Waals surface area contributed by atoms with Crippen molar-refractivity contribution in [2.75, 3.05) is 0 Å². The van der Waals surface area contributed by atoms with Crippen molar-refractivity contribution in [2.24, 2.45) is 0 Å². The summed E-state index contributed by atoms with van der Waals surface area (Å²) in [6.45, 7) is 2.04. The van der Waals surface area contributed by atoms with E-state index >= 15 is 0 Å². The van der Waals surface area contributed by atoms with Crippen LogP contribution < -0.4 is 0 Å². The fraction of sp³-hybridized carbons (Fsp3) is 0.455. The molecule has 0 aromatic heterocycles. The van der Waals surface area contributed by atoms with E-state index in [9.17, 15) is 13.9 Å². The number of rotatable bonds is 4. The first-order chi connectivity index (χ1) is 6.95. The Morgan fingerprint density at radius 1 is 1.33 bits per heavy atom. The van der Waals surface area contributed by atoms with Crippen LogP contribution in [-0.2, 0) is 6.42 Å². The van der Waals surface area contributed by atoms with Crippen LogP contribution in [0, 0.1) is 0 Å². The van der Waals surface area contributed by atoms with Gasteiger partial charge in [0.1, 0.15) is 0 Å². The van der Waals surface area contributed by atoms with E-state index in [0.717, 1.165) is 18.4 Å². The smallest absolute Gasteiger partial charge is 0.351 e. The summed E-state index contributed by atoms with van der Waals surface area (Å²) >= 11 is 4.74. The molecule has 1 atom stereocenters. The summed E-state index contributed by atoms with van der Waals surface area (Å²) in [6.07, 6.45) is -0.0591. The van der Waals surface area contributed by atoms with Crippen LogP contribution in [0.1, 0.15) is 30.6 Å². The molecule has 0 spiro atoms. The topological polar surface area (TPSA) is 20.2 Å². The van der Waals surface area contributed by atoms with Crippen LogP contribution in [0.2, 0.25) is 0 Å². The van der Waals surface area contributed by atoms with Gasteiger partial charge in [-0.1, -0.05) is 37.6 Å². The van der Waals surface area contributed by atoms with Crippen molar-refractivity contribution in [3.63, 3.8) is 0 Å². The number of hydrogen-bond donors (Lipinski definition) is 1.